The Hall–Kier alpha value is -3.47. The highest BCUT2D eigenvalue weighted by Crippen LogP contribution is 2.26. The first-order valence-corrected chi connectivity index (χ1v) is 7.89. The van der Waals surface area contributed by atoms with Crippen molar-refractivity contribution in [2.75, 3.05) is 5.32 Å². The number of pyridine rings is 2. The normalized spacial score (nSPS) is 10.8. The fraction of sp³-hybridized carbons (Fsp3) is 0.0500. The number of furan rings is 1. The third kappa shape index (κ3) is 2.99. The van der Waals surface area contributed by atoms with Gasteiger partial charge in [0.2, 0.25) is 0 Å². The van der Waals surface area contributed by atoms with Crippen LogP contribution in [0.4, 0.5) is 5.69 Å². The molecule has 122 valence electrons. The van der Waals surface area contributed by atoms with E-state index in [1.165, 1.54) is 0 Å². The van der Waals surface area contributed by atoms with Crippen LogP contribution in [-0.2, 0) is 0 Å². The second-order valence-electron chi connectivity index (χ2n) is 5.67. The SMILES string of the molecule is Cc1ncccc1C(=O)Nc1ccc(-c2cc3ccccc3o2)nc1. The van der Waals surface area contributed by atoms with Gasteiger partial charge in [-0.2, -0.15) is 0 Å². The number of hydrogen-bond donors (Lipinski definition) is 1. The van der Waals surface area contributed by atoms with E-state index in [-0.39, 0.29) is 5.91 Å². The van der Waals surface area contributed by atoms with Gasteiger partial charge in [-0.1, -0.05) is 18.2 Å². The molecule has 0 atom stereocenters. The molecule has 1 aromatic carbocycles. The molecule has 0 bridgehead atoms. The lowest BCUT2D eigenvalue weighted by Crippen LogP contribution is -2.14. The fourth-order valence-electron chi connectivity index (χ4n) is 2.64. The van der Waals surface area contributed by atoms with Gasteiger partial charge in [0.25, 0.3) is 5.91 Å². The first kappa shape index (κ1) is 15.1. The molecule has 4 rings (SSSR count). The fourth-order valence-corrected chi connectivity index (χ4v) is 2.64. The van der Waals surface area contributed by atoms with E-state index in [0.717, 1.165) is 11.0 Å². The monoisotopic (exact) mass is 329 g/mol. The molecule has 0 saturated heterocycles. The summed E-state index contributed by atoms with van der Waals surface area (Å²) in [6, 6.07) is 16.9. The van der Waals surface area contributed by atoms with Crippen LogP contribution in [0.5, 0.6) is 0 Å². The number of nitrogens with one attached hydrogen (secondary N) is 1. The predicted molar refractivity (Wildman–Crippen MR) is 96.4 cm³/mol. The summed E-state index contributed by atoms with van der Waals surface area (Å²) in [5.74, 6) is 0.492. The predicted octanol–water partition coefficient (Wildman–Crippen LogP) is 4.45. The molecular weight excluding hydrogens is 314 g/mol. The number of carbonyl (C=O) groups excluding carboxylic acids is 1. The largest absolute Gasteiger partial charge is 0.454 e. The molecular formula is C20H15N3O2. The summed E-state index contributed by atoms with van der Waals surface area (Å²) in [6.45, 7) is 1.80. The zero-order valence-electron chi connectivity index (χ0n) is 13.6. The molecule has 3 aromatic heterocycles. The standard InChI is InChI=1S/C20H15N3O2/c1-13-16(6-4-10-21-13)20(24)23-15-8-9-17(22-12-15)19-11-14-5-2-3-7-18(14)25-19/h2-12H,1H3,(H,23,24). The second-order valence-corrected chi connectivity index (χ2v) is 5.67. The van der Waals surface area contributed by atoms with E-state index in [2.05, 4.69) is 15.3 Å². The molecule has 4 aromatic rings. The highest BCUT2D eigenvalue weighted by Gasteiger charge is 2.11. The molecule has 5 heteroatoms. The molecule has 5 nitrogen and oxygen atoms in total. The Bertz CT molecular complexity index is 1020. The number of benzene rings is 1. The van der Waals surface area contributed by atoms with Crippen LogP contribution >= 0.6 is 0 Å². The van der Waals surface area contributed by atoms with Crippen LogP contribution in [0, 0.1) is 6.92 Å². The number of anilines is 1. The van der Waals surface area contributed by atoms with Gasteiger partial charge >= 0.3 is 0 Å². The Labute approximate surface area is 144 Å². The Morgan fingerprint density at radius 1 is 1.04 bits per heavy atom. The summed E-state index contributed by atoms with van der Waals surface area (Å²) in [5, 5.41) is 3.86. The van der Waals surface area contributed by atoms with E-state index in [4.69, 9.17) is 4.42 Å². The lowest BCUT2D eigenvalue weighted by Gasteiger charge is -2.07. The van der Waals surface area contributed by atoms with Crippen molar-refractivity contribution in [3.05, 3.63) is 78.2 Å². The minimum absolute atomic E-state index is 0.205. The maximum atomic E-state index is 12.3. The van der Waals surface area contributed by atoms with Gasteiger partial charge in [0.1, 0.15) is 11.3 Å². The van der Waals surface area contributed by atoms with E-state index in [0.29, 0.717) is 28.4 Å². The van der Waals surface area contributed by atoms with Gasteiger partial charge in [-0.3, -0.25) is 14.8 Å². The number of carbonyl (C=O) groups is 1. The summed E-state index contributed by atoms with van der Waals surface area (Å²) in [6.07, 6.45) is 3.28. The average molecular weight is 329 g/mol. The smallest absolute Gasteiger partial charge is 0.257 e. The number of aromatic nitrogens is 2. The average Bonchev–Trinajstić information content (AvgIpc) is 3.07. The van der Waals surface area contributed by atoms with Crippen molar-refractivity contribution >= 4 is 22.6 Å². The Morgan fingerprint density at radius 2 is 1.92 bits per heavy atom. The molecule has 0 aliphatic carbocycles. The number of aryl methyl sites for hydroxylation is 1. The summed E-state index contributed by atoms with van der Waals surface area (Å²) in [7, 11) is 0. The summed E-state index contributed by atoms with van der Waals surface area (Å²) < 4.78 is 5.80. The van der Waals surface area contributed by atoms with Crippen LogP contribution in [0.2, 0.25) is 0 Å². The molecule has 0 saturated carbocycles. The minimum atomic E-state index is -0.205. The lowest BCUT2D eigenvalue weighted by molar-refractivity contribution is 0.102. The minimum Gasteiger partial charge on any atom is -0.454 e. The quantitative estimate of drug-likeness (QED) is 0.603. The van der Waals surface area contributed by atoms with Crippen molar-refractivity contribution in [3.63, 3.8) is 0 Å². The molecule has 3 heterocycles. The van der Waals surface area contributed by atoms with Crippen molar-refractivity contribution in [2.45, 2.75) is 6.92 Å². The summed E-state index contributed by atoms with van der Waals surface area (Å²) >= 11 is 0. The number of para-hydroxylation sites is 1. The van der Waals surface area contributed by atoms with Crippen LogP contribution < -0.4 is 5.32 Å². The van der Waals surface area contributed by atoms with Crippen LogP contribution in [0.3, 0.4) is 0 Å². The molecule has 0 unspecified atom stereocenters. The van der Waals surface area contributed by atoms with Crippen LogP contribution in [0.1, 0.15) is 16.1 Å². The zero-order chi connectivity index (χ0) is 17.2. The Balaban J connectivity index is 1.56. The molecule has 25 heavy (non-hydrogen) atoms. The third-order valence-electron chi connectivity index (χ3n) is 3.95. The molecule has 1 N–H and O–H groups in total. The summed E-state index contributed by atoms with van der Waals surface area (Å²) in [4.78, 5) is 20.8. The molecule has 0 radical (unpaired) electrons. The van der Waals surface area contributed by atoms with Crippen LogP contribution in [-0.4, -0.2) is 15.9 Å². The van der Waals surface area contributed by atoms with Gasteiger partial charge in [-0.25, -0.2) is 0 Å². The number of amides is 1. The molecule has 0 aliphatic heterocycles. The van der Waals surface area contributed by atoms with Crippen molar-refractivity contribution in [1.29, 1.82) is 0 Å². The first-order chi connectivity index (χ1) is 12.2. The van der Waals surface area contributed by atoms with Gasteiger partial charge in [0.05, 0.1) is 17.4 Å². The maximum absolute atomic E-state index is 12.3. The number of nitrogens with zero attached hydrogens (tertiary/aromatic N) is 2. The van der Waals surface area contributed by atoms with E-state index in [9.17, 15) is 4.79 Å². The number of rotatable bonds is 3. The van der Waals surface area contributed by atoms with Crippen molar-refractivity contribution in [1.82, 2.24) is 9.97 Å². The van der Waals surface area contributed by atoms with Crippen molar-refractivity contribution < 1.29 is 9.21 Å². The molecule has 0 fully saturated rings. The second kappa shape index (κ2) is 6.20. The van der Waals surface area contributed by atoms with E-state index >= 15 is 0 Å². The van der Waals surface area contributed by atoms with E-state index in [1.807, 2.05) is 36.4 Å². The van der Waals surface area contributed by atoms with Crippen LogP contribution in [0.15, 0.2) is 71.4 Å². The van der Waals surface area contributed by atoms with E-state index in [1.54, 1.807) is 37.5 Å². The molecule has 0 spiro atoms. The van der Waals surface area contributed by atoms with Gasteiger partial charge in [0.15, 0.2) is 5.76 Å². The van der Waals surface area contributed by atoms with Gasteiger partial charge in [-0.05, 0) is 43.3 Å². The molecule has 1 amide bonds. The first-order valence-electron chi connectivity index (χ1n) is 7.89. The zero-order valence-corrected chi connectivity index (χ0v) is 13.6. The Kier molecular flexibility index (Phi) is 3.74. The number of hydrogen-bond acceptors (Lipinski definition) is 4. The third-order valence-corrected chi connectivity index (χ3v) is 3.95. The van der Waals surface area contributed by atoms with E-state index < -0.39 is 0 Å². The van der Waals surface area contributed by atoms with Crippen LogP contribution in [0.25, 0.3) is 22.4 Å². The highest BCUT2D eigenvalue weighted by molar-refractivity contribution is 6.04. The Morgan fingerprint density at radius 3 is 2.68 bits per heavy atom. The summed E-state index contributed by atoms with van der Waals surface area (Å²) in [5.41, 5.74) is 3.39. The number of fused-ring (bicyclic) bond motifs is 1. The van der Waals surface area contributed by atoms with Gasteiger partial charge < -0.3 is 9.73 Å². The topological polar surface area (TPSA) is 68.0 Å². The molecule has 0 aliphatic rings. The van der Waals surface area contributed by atoms with Crippen molar-refractivity contribution in [3.8, 4) is 11.5 Å². The highest BCUT2D eigenvalue weighted by atomic mass is 16.3. The van der Waals surface area contributed by atoms with Gasteiger partial charge in [0, 0.05) is 17.3 Å². The maximum Gasteiger partial charge on any atom is 0.257 e. The lowest BCUT2D eigenvalue weighted by atomic mass is 10.2. The van der Waals surface area contributed by atoms with Crippen molar-refractivity contribution in [2.24, 2.45) is 0 Å². The van der Waals surface area contributed by atoms with Gasteiger partial charge in [-0.15, -0.1) is 0 Å².